The van der Waals surface area contributed by atoms with Gasteiger partial charge in [0.1, 0.15) is 0 Å². The van der Waals surface area contributed by atoms with E-state index in [1.165, 1.54) is 74.3 Å². The lowest BCUT2D eigenvalue weighted by Crippen LogP contribution is -2.70. The van der Waals surface area contributed by atoms with E-state index in [1.807, 2.05) is 12.1 Å². The molecule has 2 N–H and O–H groups in total. The maximum atomic E-state index is 12.3. The summed E-state index contributed by atoms with van der Waals surface area (Å²) in [6.45, 7) is 23.6. The van der Waals surface area contributed by atoms with Crippen LogP contribution in [0.5, 0.6) is 0 Å². The lowest BCUT2D eigenvalue weighted by Gasteiger charge is -2.72. The first-order valence-electron chi connectivity index (χ1n) is 20.5. The number of rotatable bonds is 8. The van der Waals surface area contributed by atoms with Crippen molar-refractivity contribution in [1.82, 2.24) is 14.5 Å². The molecule has 0 aromatic heterocycles. The molecule has 1 aromatic carbocycles. The molecule has 1 aromatic rings. The number of nitrogens with one attached hydrogen (secondary N) is 1. The van der Waals surface area contributed by atoms with Crippen molar-refractivity contribution < 1.29 is 18.3 Å². The molecule has 0 spiro atoms. The molecule has 3 heterocycles. The van der Waals surface area contributed by atoms with Gasteiger partial charge >= 0.3 is 5.97 Å². The average Bonchev–Trinajstić information content (AvgIpc) is 3.44. The van der Waals surface area contributed by atoms with Gasteiger partial charge in [-0.2, -0.15) is 4.31 Å². The van der Waals surface area contributed by atoms with Gasteiger partial charge < -0.3 is 10.4 Å². The van der Waals surface area contributed by atoms with Crippen LogP contribution in [-0.2, 0) is 10.0 Å². The summed E-state index contributed by atoms with van der Waals surface area (Å²) in [6.07, 6.45) is 16.2. The second-order valence-corrected chi connectivity index (χ2v) is 22.0. The highest BCUT2D eigenvalue weighted by Gasteiger charge is 2.70. The summed E-state index contributed by atoms with van der Waals surface area (Å²) in [4.78, 5) is 14.1. The zero-order valence-electron chi connectivity index (χ0n) is 33.0. The highest BCUT2D eigenvalue weighted by Crippen LogP contribution is 2.76. The number of sulfonamides is 1. The molecule has 0 amide bonds. The Kier molecular flexibility index (Phi) is 8.70. The third-order valence-corrected chi connectivity index (χ3v) is 18.9. The zero-order chi connectivity index (χ0) is 37.2. The summed E-state index contributed by atoms with van der Waals surface area (Å²) in [5, 5.41) is 13.8. The van der Waals surface area contributed by atoms with E-state index in [-0.39, 0.29) is 39.3 Å². The number of hydrogen-bond acceptors (Lipinski definition) is 5. The van der Waals surface area contributed by atoms with E-state index in [1.54, 1.807) is 16.4 Å². The Labute approximate surface area is 314 Å². The van der Waals surface area contributed by atoms with Gasteiger partial charge in [-0.3, -0.25) is 4.90 Å². The highest BCUT2D eigenvalue weighted by molar-refractivity contribution is 7.88. The van der Waals surface area contributed by atoms with Gasteiger partial charge in [-0.1, -0.05) is 65.0 Å². The smallest absolute Gasteiger partial charge is 0.335 e. The monoisotopic (exact) mass is 731 g/mol. The van der Waals surface area contributed by atoms with E-state index in [2.05, 4.69) is 64.4 Å². The SMILES string of the molecule is C=C(C)C1CCC2(NCCN3CC4CC(C3)N4S(C)(=O)=O)CCC3(C)C(CCC4C5(C)CC=C(c6ccc(C(=O)O)cc6)C(C)(C)C5CCC43C)C12. The van der Waals surface area contributed by atoms with E-state index in [4.69, 9.17) is 0 Å². The number of nitrogens with zero attached hydrogens (tertiary/aromatic N) is 2. The number of piperazine rings is 1. The number of carboxylic acid groups (broad SMARTS) is 1. The van der Waals surface area contributed by atoms with Gasteiger partial charge in [0.2, 0.25) is 10.0 Å². The van der Waals surface area contributed by atoms with Gasteiger partial charge in [-0.05, 0) is 146 Å². The van der Waals surface area contributed by atoms with Gasteiger partial charge in [-0.25, -0.2) is 13.2 Å². The molecule has 3 saturated heterocycles. The Morgan fingerprint density at radius 3 is 2.25 bits per heavy atom. The minimum atomic E-state index is -3.11. The third-order valence-electron chi connectivity index (χ3n) is 17.6. The molecule has 11 unspecified atom stereocenters. The van der Waals surface area contributed by atoms with Crippen LogP contribution in [0, 0.1) is 51.2 Å². The molecule has 7 nitrogen and oxygen atoms in total. The number of piperidine rings is 1. The molecule has 8 aliphatic rings. The number of allylic oxidation sites excluding steroid dienone is 3. The summed E-state index contributed by atoms with van der Waals surface area (Å²) in [5.74, 6) is 2.26. The third kappa shape index (κ3) is 5.26. The normalized spacial score (nSPS) is 44.0. The molecule has 52 heavy (non-hydrogen) atoms. The highest BCUT2D eigenvalue weighted by atomic mass is 32.2. The van der Waals surface area contributed by atoms with Crippen molar-refractivity contribution in [1.29, 1.82) is 0 Å². The Bertz CT molecular complexity index is 1760. The van der Waals surface area contributed by atoms with Crippen molar-refractivity contribution in [3.8, 4) is 0 Å². The Hall–Kier alpha value is -2.00. The molecule has 11 atom stereocenters. The zero-order valence-corrected chi connectivity index (χ0v) is 33.8. The van der Waals surface area contributed by atoms with E-state index in [0.717, 1.165) is 39.0 Å². The van der Waals surface area contributed by atoms with Crippen molar-refractivity contribution in [2.24, 2.45) is 51.2 Å². The minimum absolute atomic E-state index is 0.0108. The predicted octanol–water partition coefficient (Wildman–Crippen LogP) is 8.10. The Balaban J connectivity index is 1.03. The van der Waals surface area contributed by atoms with Crippen LogP contribution in [0.3, 0.4) is 0 Å². The minimum Gasteiger partial charge on any atom is -0.478 e. The van der Waals surface area contributed by atoms with E-state index in [9.17, 15) is 18.3 Å². The second-order valence-electron chi connectivity index (χ2n) is 20.1. The molecule has 5 aliphatic carbocycles. The second kappa shape index (κ2) is 12.2. The van der Waals surface area contributed by atoms with Crippen LogP contribution in [0.1, 0.15) is 122 Å². The Morgan fingerprint density at radius 2 is 1.62 bits per heavy atom. The molecule has 0 radical (unpaired) electrons. The first-order valence-corrected chi connectivity index (χ1v) is 22.4. The maximum absolute atomic E-state index is 12.3. The van der Waals surface area contributed by atoms with Crippen LogP contribution < -0.4 is 5.32 Å². The number of carboxylic acids is 1. The average molecular weight is 732 g/mol. The molecule has 3 aliphatic heterocycles. The Morgan fingerprint density at radius 1 is 0.923 bits per heavy atom. The van der Waals surface area contributed by atoms with Crippen molar-refractivity contribution in [2.45, 2.75) is 123 Å². The van der Waals surface area contributed by atoms with Gasteiger partial charge in [0.05, 0.1) is 11.8 Å². The molecule has 4 saturated carbocycles. The molecule has 7 fully saturated rings. The molecule has 8 heteroatoms. The predicted molar refractivity (Wildman–Crippen MR) is 209 cm³/mol. The molecule has 9 rings (SSSR count). The number of hydrogen-bond donors (Lipinski definition) is 2. The fourth-order valence-electron chi connectivity index (χ4n) is 15.2. The number of fused-ring (bicyclic) bond motifs is 9. The van der Waals surface area contributed by atoms with Crippen LogP contribution in [-0.4, -0.2) is 78.8 Å². The van der Waals surface area contributed by atoms with Crippen molar-refractivity contribution in [2.75, 3.05) is 32.4 Å². The molecule has 2 bridgehead atoms. The van der Waals surface area contributed by atoms with Crippen molar-refractivity contribution in [3.05, 3.63) is 53.6 Å². The van der Waals surface area contributed by atoms with Crippen molar-refractivity contribution in [3.63, 3.8) is 0 Å². The van der Waals surface area contributed by atoms with E-state index < -0.39 is 16.0 Å². The lowest BCUT2D eigenvalue weighted by atomic mass is 9.33. The number of benzene rings is 1. The van der Waals surface area contributed by atoms with Crippen LogP contribution >= 0.6 is 0 Å². The van der Waals surface area contributed by atoms with Crippen LogP contribution in [0.25, 0.3) is 5.57 Å². The molecular formula is C44H65N3O4S. The van der Waals surface area contributed by atoms with Crippen LogP contribution in [0.2, 0.25) is 0 Å². The summed E-state index contributed by atoms with van der Waals surface area (Å²) in [7, 11) is -3.11. The van der Waals surface area contributed by atoms with Crippen LogP contribution in [0.15, 0.2) is 42.5 Å². The summed E-state index contributed by atoms with van der Waals surface area (Å²) >= 11 is 0. The van der Waals surface area contributed by atoms with E-state index >= 15 is 0 Å². The van der Waals surface area contributed by atoms with Gasteiger partial charge in [0.15, 0.2) is 0 Å². The number of carbonyl (C=O) groups is 1. The van der Waals surface area contributed by atoms with Crippen LogP contribution in [0.4, 0.5) is 0 Å². The first-order chi connectivity index (χ1) is 24.4. The summed E-state index contributed by atoms with van der Waals surface area (Å²) in [6, 6.07) is 7.91. The standard InChI is InChI=1S/C44H65N3O4S/c1-28(2)33-15-20-44(45-23-24-46-26-31-25-32(27-46)47(31)52(8,50)51)22-21-42(6)35(38(33)44)13-14-37-41(5)18-16-34(29-9-11-30(12-10-29)39(48)49)40(3,4)36(41)17-19-43(37,42)7/h9-12,16,31-33,35-38,45H,1,13-15,17-27H2,2-8H3,(H,48,49). The topological polar surface area (TPSA) is 90.0 Å². The van der Waals surface area contributed by atoms with E-state index in [0.29, 0.717) is 35.2 Å². The largest absolute Gasteiger partial charge is 0.478 e. The van der Waals surface area contributed by atoms with Gasteiger partial charge in [0.25, 0.3) is 0 Å². The van der Waals surface area contributed by atoms with Gasteiger partial charge in [-0.15, -0.1) is 0 Å². The fourth-order valence-corrected chi connectivity index (χ4v) is 16.6. The summed E-state index contributed by atoms with van der Waals surface area (Å²) < 4.78 is 26.4. The van der Waals surface area contributed by atoms with Gasteiger partial charge in [0, 0.05) is 43.8 Å². The molecular weight excluding hydrogens is 667 g/mol. The van der Waals surface area contributed by atoms with Crippen molar-refractivity contribution >= 4 is 21.6 Å². The molecule has 286 valence electrons. The summed E-state index contributed by atoms with van der Waals surface area (Å²) in [5.41, 5.74) is 5.26. The quantitative estimate of drug-likeness (QED) is 0.263. The fraction of sp³-hybridized carbons (Fsp3) is 0.750. The number of aromatic carboxylic acids is 1. The maximum Gasteiger partial charge on any atom is 0.335 e. The first kappa shape index (κ1) is 36.9. The lowest BCUT2D eigenvalue weighted by molar-refractivity contribution is -0.219.